The zero-order chi connectivity index (χ0) is 11.7. The number of imidazole rings is 1. The van der Waals surface area contributed by atoms with E-state index in [9.17, 15) is 4.79 Å². The molecule has 0 aromatic carbocycles. The molecule has 2 aromatic heterocycles. The van der Waals surface area contributed by atoms with Crippen LogP contribution in [-0.2, 0) is 11.2 Å². The number of fused-ring (bicyclic) bond motifs is 1. The molecule has 2 aromatic rings. The number of carbonyl (C=O) groups excluding carboxylic acids is 1. The quantitative estimate of drug-likeness (QED) is 0.795. The highest BCUT2D eigenvalue weighted by atomic mass is 79.9. The van der Waals surface area contributed by atoms with E-state index >= 15 is 0 Å². The van der Waals surface area contributed by atoms with E-state index in [1.54, 1.807) is 4.40 Å². The van der Waals surface area contributed by atoms with E-state index in [2.05, 4.69) is 20.9 Å². The largest absolute Gasteiger partial charge is 0.464 e. The van der Waals surface area contributed by atoms with Crippen LogP contribution in [0, 0.1) is 0 Å². The second-order valence-corrected chi connectivity index (χ2v) is 4.24. The maximum absolute atomic E-state index is 11.7. The standard InChI is InChI=1S/C11H11BrN2O2/c1-3-8-10(11(15)16-2)14-6-7(12)4-5-9(14)13-8/h4-6H,3H2,1-2H3. The van der Waals surface area contributed by atoms with Crippen LogP contribution < -0.4 is 0 Å². The lowest BCUT2D eigenvalue weighted by atomic mass is 10.2. The van der Waals surface area contributed by atoms with Gasteiger partial charge in [0, 0.05) is 10.7 Å². The Balaban J connectivity index is 2.75. The summed E-state index contributed by atoms with van der Waals surface area (Å²) in [4.78, 5) is 16.1. The van der Waals surface area contributed by atoms with E-state index in [-0.39, 0.29) is 5.97 Å². The first-order valence-electron chi connectivity index (χ1n) is 4.92. The fraction of sp³-hybridized carbons (Fsp3) is 0.273. The van der Waals surface area contributed by atoms with Crippen molar-refractivity contribution in [2.24, 2.45) is 0 Å². The third-order valence-corrected chi connectivity index (χ3v) is 2.84. The number of methoxy groups -OCH3 is 1. The van der Waals surface area contributed by atoms with E-state index < -0.39 is 0 Å². The van der Waals surface area contributed by atoms with E-state index in [0.717, 1.165) is 15.8 Å². The lowest BCUT2D eigenvalue weighted by molar-refractivity contribution is 0.0591. The zero-order valence-electron chi connectivity index (χ0n) is 9.03. The molecule has 84 valence electrons. The second-order valence-electron chi connectivity index (χ2n) is 3.33. The molecule has 0 aliphatic carbocycles. The number of carbonyl (C=O) groups is 1. The Hall–Kier alpha value is -1.36. The lowest BCUT2D eigenvalue weighted by Gasteiger charge is -2.01. The van der Waals surface area contributed by atoms with Crippen LogP contribution in [0.5, 0.6) is 0 Å². The summed E-state index contributed by atoms with van der Waals surface area (Å²) < 4.78 is 7.41. The van der Waals surface area contributed by atoms with Gasteiger partial charge in [-0.3, -0.25) is 4.40 Å². The van der Waals surface area contributed by atoms with E-state index in [1.807, 2.05) is 25.3 Å². The molecule has 0 aliphatic heterocycles. The lowest BCUT2D eigenvalue weighted by Crippen LogP contribution is -2.08. The monoisotopic (exact) mass is 282 g/mol. The average Bonchev–Trinajstić information content (AvgIpc) is 2.65. The molecule has 5 heteroatoms. The second kappa shape index (κ2) is 4.25. The number of pyridine rings is 1. The predicted molar refractivity (Wildman–Crippen MR) is 63.6 cm³/mol. The van der Waals surface area contributed by atoms with Crippen LogP contribution in [-0.4, -0.2) is 22.5 Å². The number of nitrogens with zero attached hydrogens (tertiary/aromatic N) is 2. The number of esters is 1. The Kier molecular flexibility index (Phi) is 2.96. The number of hydrogen-bond donors (Lipinski definition) is 0. The van der Waals surface area contributed by atoms with Crippen molar-refractivity contribution in [3.8, 4) is 0 Å². The van der Waals surface area contributed by atoms with Gasteiger partial charge in [-0.2, -0.15) is 0 Å². The maximum Gasteiger partial charge on any atom is 0.357 e. The molecule has 0 atom stereocenters. The molecule has 0 N–H and O–H groups in total. The molecule has 0 amide bonds. The third-order valence-electron chi connectivity index (χ3n) is 2.37. The van der Waals surface area contributed by atoms with Crippen LogP contribution in [0.15, 0.2) is 22.8 Å². The summed E-state index contributed by atoms with van der Waals surface area (Å²) in [6, 6.07) is 3.75. The number of aromatic nitrogens is 2. The Morgan fingerprint density at radius 2 is 2.31 bits per heavy atom. The van der Waals surface area contributed by atoms with Crippen LogP contribution in [0.4, 0.5) is 0 Å². The van der Waals surface area contributed by atoms with Crippen molar-refractivity contribution in [3.63, 3.8) is 0 Å². The van der Waals surface area contributed by atoms with Crippen LogP contribution in [0.1, 0.15) is 23.1 Å². The highest BCUT2D eigenvalue weighted by Crippen LogP contribution is 2.18. The van der Waals surface area contributed by atoms with Crippen molar-refractivity contribution in [1.29, 1.82) is 0 Å². The maximum atomic E-state index is 11.7. The number of aryl methyl sites for hydroxylation is 1. The fourth-order valence-corrected chi connectivity index (χ4v) is 1.96. The molecule has 0 saturated carbocycles. The third kappa shape index (κ3) is 1.71. The van der Waals surface area contributed by atoms with E-state index in [1.165, 1.54) is 7.11 Å². The Morgan fingerprint density at radius 3 is 2.94 bits per heavy atom. The summed E-state index contributed by atoms with van der Waals surface area (Å²) in [6.45, 7) is 1.96. The Morgan fingerprint density at radius 1 is 1.56 bits per heavy atom. The van der Waals surface area contributed by atoms with Gasteiger partial charge < -0.3 is 4.74 Å². The molecule has 0 aliphatic rings. The van der Waals surface area contributed by atoms with Crippen LogP contribution in [0.25, 0.3) is 5.65 Å². The molecule has 0 bridgehead atoms. The van der Waals surface area contributed by atoms with Crippen molar-refractivity contribution in [2.45, 2.75) is 13.3 Å². The van der Waals surface area contributed by atoms with Gasteiger partial charge in [0.1, 0.15) is 5.65 Å². The molecule has 0 radical (unpaired) electrons. The number of halogens is 1. The average molecular weight is 283 g/mol. The molecular formula is C11H11BrN2O2. The topological polar surface area (TPSA) is 43.6 Å². The fourth-order valence-electron chi connectivity index (χ4n) is 1.63. The highest BCUT2D eigenvalue weighted by molar-refractivity contribution is 9.10. The van der Waals surface area contributed by atoms with Crippen LogP contribution >= 0.6 is 15.9 Å². The van der Waals surface area contributed by atoms with Crippen molar-refractivity contribution < 1.29 is 9.53 Å². The molecule has 0 saturated heterocycles. The summed E-state index contributed by atoms with van der Waals surface area (Å²) in [5.41, 5.74) is 2.01. The van der Waals surface area contributed by atoms with Crippen LogP contribution in [0.2, 0.25) is 0 Å². The molecule has 4 nitrogen and oxygen atoms in total. The van der Waals surface area contributed by atoms with Gasteiger partial charge in [0.05, 0.1) is 12.8 Å². The van der Waals surface area contributed by atoms with Crippen molar-refractivity contribution >= 4 is 27.5 Å². The minimum Gasteiger partial charge on any atom is -0.464 e. The molecular weight excluding hydrogens is 272 g/mol. The van der Waals surface area contributed by atoms with Crippen LogP contribution in [0.3, 0.4) is 0 Å². The summed E-state index contributed by atoms with van der Waals surface area (Å²) in [7, 11) is 1.37. The molecule has 0 spiro atoms. The zero-order valence-corrected chi connectivity index (χ0v) is 10.6. The molecule has 2 heterocycles. The smallest absolute Gasteiger partial charge is 0.357 e. The van der Waals surface area contributed by atoms with E-state index in [4.69, 9.17) is 4.74 Å². The van der Waals surface area contributed by atoms with Gasteiger partial charge in [-0.05, 0) is 34.5 Å². The summed E-state index contributed by atoms with van der Waals surface area (Å²) in [5.74, 6) is -0.359. The minimum absolute atomic E-state index is 0.359. The summed E-state index contributed by atoms with van der Waals surface area (Å²) in [6.07, 6.45) is 2.51. The van der Waals surface area contributed by atoms with Crippen molar-refractivity contribution in [2.75, 3.05) is 7.11 Å². The SMILES string of the molecule is CCc1nc2ccc(Br)cn2c1C(=O)OC. The van der Waals surface area contributed by atoms with Gasteiger partial charge in [0.2, 0.25) is 0 Å². The first-order chi connectivity index (χ1) is 7.67. The molecule has 16 heavy (non-hydrogen) atoms. The van der Waals surface area contributed by atoms with Gasteiger partial charge in [-0.25, -0.2) is 9.78 Å². The van der Waals surface area contributed by atoms with Gasteiger partial charge in [-0.15, -0.1) is 0 Å². The Bertz CT molecular complexity index is 548. The summed E-state index contributed by atoms with van der Waals surface area (Å²) >= 11 is 3.37. The van der Waals surface area contributed by atoms with Gasteiger partial charge in [-0.1, -0.05) is 6.92 Å². The molecule has 2 rings (SSSR count). The number of ether oxygens (including phenoxy) is 1. The van der Waals surface area contributed by atoms with E-state index in [0.29, 0.717) is 12.1 Å². The van der Waals surface area contributed by atoms with Gasteiger partial charge >= 0.3 is 5.97 Å². The van der Waals surface area contributed by atoms with Crippen molar-refractivity contribution in [1.82, 2.24) is 9.38 Å². The highest BCUT2D eigenvalue weighted by Gasteiger charge is 2.18. The minimum atomic E-state index is -0.359. The first kappa shape index (κ1) is 11.1. The number of rotatable bonds is 2. The summed E-state index contributed by atoms with van der Waals surface area (Å²) in [5, 5.41) is 0. The molecule has 0 unspecified atom stereocenters. The first-order valence-corrected chi connectivity index (χ1v) is 5.71. The number of hydrogen-bond acceptors (Lipinski definition) is 3. The van der Waals surface area contributed by atoms with Gasteiger partial charge in [0.15, 0.2) is 5.69 Å². The van der Waals surface area contributed by atoms with Crippen molar-refractivity contribution in [3.05, 3.63) is 34.2 Å². The predicted octanol–water partition coefficient (Wildman–Crippen LogP) is 2.45. The van der Waals surface area contributed by atoms with Gasteiger partial charge in [0.25, 0.3) is 0 Å². The molecule has 0 fully saturated rings. The Labute approximate surface area is 101 Å². The normalized spacial score (nSPS) is 10.7.